The first-order valence-corrected chi connectivity index (χ1v) is 10.4. The first-order valence-electron chi connectivity index (χ1n) is 8.91. The average Bonchev–Trinajstić information content (AvgIpc) is 2.94. The van der Waals surface area contributed by atoms with Crippen LogP contribution in [0, 0.1) is 17.0 Å². The van der Waals surface area contributed by atoms with Crippen molar-refractivity contribution in [3.8, 4) is 0 Å². The molecule has 0 spiro atoms. The molecule has 1 aliphatic heterocycles. The highest BCUT2D eigenvalue weighted by atomic mass is 32.2. The number of fused-ring (bicyclic) bond motifs is 1. The number of imide groups is 1. The van der Waals surface area contributed by atoms with E-state index < -0.39 is 44.9 Å². The molecule has 0 atom stereocenters. The van der Waals surface area contributed by atoms with E-state index in [1.54, 1.807) is 6.92 Å². The number of nitrogens with zero attached hydrogens (tertiary/aromatic N) is 3. The van der Waals surface area contributed by atoms with Crippen molar-refractivity contribution in [2.45, 2.75) is 11.8 Å². The standard InChI is InChI=1S/C19H18N4O7S/c1-11-7-8-12(31(29,30)21(2)3)9-14(11)20-16(24)10-22-18(25)13-5-4-6-15(23(27)28)17(13)19(22)26/h4-9H,10H2,1-3H3,(H,20,24). The van der Waals surface area contributed by atoms with Gasteiger partial charge in [0.25, 0.3) is 17.5 Å². The van der Waals surface area contributed by atoms with Gasteiger partial charge in [-0.3, -0.25) is 29.4 Å². The Bertz CT molecular complexity index is 1240. The first kappa shape index (κ1) is 22.1. The molecular weight excluding hydrogens is 428 g/mol. The molecule has 0 bridgehead atoms. The molecule has 11 nitrogen and oxygen atoms in total. The first-order chi connectivity index (χ1) is 14.4. The molecule has 1 N–H and O–H groups in total. The van der Waals surface area contributed by atoms with Gasteiger partial charge in [0.2, 0.25) is 15.9 Å². The highest BCUT2D eigenvalue weighted by Crippen LogP contribution is 2.30. The van der Waals surface area contributed by atoms with Crippen LogP contribution in [0.25, 0.3) is 0 Å². The van der Waals surface area contributed by atoms with Crippen molar-refractivity contribution in [1.82, 2.24) is 9.21 Å². The van der Waals surface area contributed by atoms with Crippen molar-refractivity contribution in [1.29, 1.82) is 0 Å². The number of rotatable bonds is 6. The van der Waals surface area contributed by atoms with Crippen molar-refractivity contribution in [2.75, 3.05) is 26.0 Å². The van der Waals surface area contributed by atoms with Crippen molar-refractivity contribution in [2.24, 2.45) is 0 Å². The zero-order valence-corrected chi connectivity index (χ0v) is 17.6. The smallest absolute Gasteiger partial charge is 0.282 e. The largest absolute Gasteiger partial charge is 0.324 e. The van der Waals surface area contributed by atoms with E-state index in [2.05, 4.69) is 5.32 Å². The summed E-state index contributed by atoms with van der Waals surface area (Å²) in [6, 6.07) is 7.84. The zero-order valence-electron chi connectivity index (χ0n) is 16.8. The van der Waals surface area contributed by atoms with Crippen molar-refractivity contribution >= 4 is 39.1 Å². The number of sulfonamides is 1. The summed E-state index contributed by atoms with van der Waals surface area (Å²) in [4.78, 5) is 48.6. The van der Waals surface area contributed by atoms with E-state index in [-0.39, 0.29) is 21.7 Å². The molecule has 3 rings (SSSR count). The van der Waals surface area contributed by atoms with E-state index in [1.165, 1.54) is 44.4 Å². The Morgan fingerprint density at radius 3 is 2.45 bits per heavy atom. The van der Waals surface area contributed by atoms with Gasteiger partial charge in [0.1, 0.15) is 12.1 Å². The Morgan fingerprint density at radius 1 is 1.16 bits per heavy atom. The van der Waals surface area contributed by atoms with E-state index in [9.17, 15) is 32.9 Å². The second-order valence-corrected chi connectivity index (χ2v) is 9.12. The zero-order chi connectivity index (χ0) is 23.1. The summed E-state index contributed by atoms with van der Waals surface area (Å²) >= 11 is 0. The Labute approximate surface area is 177 Å². The van der Waals surface area contributed by atoms with Gasteiger partial charge in [-0.05, 0) is 30.7 Å². The lowest BCUT2D eigenvalue weighted by Gasteiger charge is -2.16. The second kappa shape index (κ2) is 7.89. The van der Waals surface area contributed by atoms with Crippen LogP contribution < -0.4 is 5.32 Å². The normalized spacial score (nSPS) is 13.5. The lowest BCUT2D eigenvalue weighted by Crippen LogP contribution is -2.37. The maximum Gasteiger partial charge on any atom is 0.282 e. The van der Waals surface area contributed by atoms with Gasteiger partial charge >= 0.3 is 0 Å². The summed E-state index contributed by atoms with van der Waals surface area (Å²) in [6.07, 6.45) is 0. The number of hydrogen-bond donors (Lipinski definition) is 1. The van der Waals surface area contributed by atoms with Gasteiger partial charge in [-0.15, -0.1) is 0 Å². The highest BCUT2D eigenvalue weighted by molar-refractivity contribution is 7.89. The third-order valence-electron chi connectivity index (χ3n) is 4.74. The van der Waals surface area contributed by atoms with Crippen LogP contribution in [0.5, 0.6) is 0 Å². The number of benzene rings is 2. The molecule has 0 saturated heterocycles. The lowest BCUT2D eigenvalue weighted by atomic mass is 10.1. The maximum atomic E-state index is 12.6. The Morgan fingerprint density at radius 2 is 1.84 bits per heavy atom. The van der Waals surface area contributed by atoms with Crippen LogP contribution in [0.2, 0.25) is 0 Å². The molecule has 0 saturated carbocycles. The average molecular weight is 446 g/mol. The third-order valence-corrected chi connectivity index (χ3v) is 6.55. The third kappa shape index (κ3) is 3.90. The summed E-state index contributed by atoms with van der Waals surface area (Å²) in [7, 11) is -1.00. The van der Waals surface area contributed by atoms with Crippen LogP contribution in [0.1, 0.15) is 26.3 Å². The fraction of sp³-hybridized carbons (Fsp3) is 0.211. The number of carbonyl (C=O) groups excluding carboxylic acids is 3. The number of nitro benzene ring substituents is 1. The number of nitrogens with one attached hydrogen (secondary N) is 1. The van der Waals surface area contributed by atoms with E-state index in [4.69, 9.17) is 0 Å². The number of hydrogen-bond acceptors (Lipinski definition) is 7. The summed E-state index contributed by atoms with van der Waals surface area (Å²) in [5.41, 5.74) is -0.279. The summed E-state index contributed by atoms with van der Waals surface area (Å²) in [6.45, 7) is 0.959. The van der Waals surface area contributed by atoms with E-state index in [0.29, 0.717) is 10.5 Å². The molecule has 1 aliphatic rings. The van der Waals surface area contributed by atoms with Crippen molar-refractivity contribution < 1.29 is 27.7 Å². The Kier molecular flexibility index (Phi) is 5.61. The SMILES string of the molecule is Cc1ccc(S(=O)(=O)N(C)C)cc1NC(=O)CN1C(=O)c2cccc([N+](=O)[O-])c2C1=O. The van der Waals surface area contributed by atoms with Crippen LogP contribution in [-0.2, 0) is 14.8 Å². The van der Waals surface area contributed by atoms with E-state index in [0.717, 1.165) is 10.4 Å². The number of carbonyl (C=O) groups is 3. The van der Waals surface area contributed by atoms with Gasteiger partial charge in [0.05, 0.1) is 15.4 Å². The molecule has 31 heavy (non-hydrogen) atoms. The van der Waals surface area contributed by atoms with Gasteiger partial charge in [-0.25, -0.2) is 12.7 Å². The second-order valence-electron chi connectivity index (χ2n) is 6.97. The lowest BCUT2D eigenvalue weighted by molar-refractivity contribution is -0.385. The number of anilines is 1. The molecule has 12 heteroatoms. The number of nitro groups is 1. The molecule has 1 heterocycles. The predicted octanol–water partition coefficient (Wildman–Crippen LogP) is 1.39. The monoisotopic (exact) mass is 446 g/mol. The summed E-state index contributed by atoms with van der Waals surface area (Å²) < 4.78 is 25.7. The molecule has 0 aromatic heterocycles. The summed E-state index contributed by atoms with van der Waals surface area (Å²) in [5.74, 6) is -2.53. The minimum Gasteiger partial charge on any atom is -0.324 e. The quantitative estimate of drug-likeness (QED) is 0.400. The topological polar surface area (TPSA) is 147 Å². The van der Waals surface area contributed by atoms with E-state index in [1.807, 2.05) is 0 Å². The molecule has 162 valence electrons. The molecular formula is C19H18N4O7S. The Hall–Kier alpha value is -3.64. The minimum atomic E-state index is -3.74. The molecule has 0 radical (unpaired) electrons. The van der Waals surface area contributed by atoms with Gasteiger partial charge < -0.3 is 5.32 Å². The van der Waals surface area contributed by atoms with Crippen LogP contribution >= 0.6 is 0 Å². The molecule has 0 unspecified atom stereocenters. The molecule has 0 aliphatic carbocycles. The van der Waals surface area contributed by atoms with Crippen LogP contribution in [0.3, 0.4) is 0 Å². The number of aryl methyl sites for hydroxylation is 1. The van der Waals surface area contributed by atoms with Crippen molar-refractivity contribution in [3.63, 3.8) is 0 Å². The van der Waals surface area contributed by atoms with Gasteiger partial charge in [-0.1, -0.05) is 12.1 Å². The fourth-order valence-corrected chi connectivity index (χ4v) is 3.98. The number of amides is 3. The fourth-order valence-electron chi connectivity index (χ4n) is 3.05. The molecule has 3 amide bonds. The van der Waals surface area contributed by atoms with E-state index >= 15 is 0 Å². The molecule has 2 aromatic rings. The minimum absolute atomic E-state index is 0.0465. The Balaban J connectivity index is 1.84. The maximum absolute atomic E-state index is 12.6. The van der Waals surface area contributed by atoms with Crippen LogP contribution in [0.15, 0.2) is 41.3 Å². The molecule has 2 aromatic carbocycles. The highest BCUT2D eigenvalue weighted by Gasteiger charge is 2.41. The van der Waals surface area contributed by atoms with Crippen molar-refractivity contribution in [3.05, 3.63) is 63.2 Å². The molecule has 0 fully saturated rings. The van der Waals surface area contributed by atoms with Crippen LogP contribution in [0.4, 0.5) is 11.4 Å². The summed E-state index contributed by atoms with van der Waals surface area (Å²) in [5, 5.41) is 13.7. The predicted molar refractivity (Wildman–Crippen MR) is 109 cm³/mol. The van der Waals surface area contributed by atoms with Crippen LogP contribution in [-0.4, -0.2) is 60.9 Å². The van der Waals surface area contributed by atoms with Gasteiger partial charge in [-0.2, -0.15) is 0 Å². The van der Waals surface area contributed by atoms with Gasteiger partial charge in [0, 0.05) is 25.8 Å². The van der Waals surface area contributed by atoms with Gasteiger partial charge in [0.15, 0.2) is 0 Å².